The zero-order valence-corrected chi connectivity index (χ0v) is 14.9. The van der Waals surface area contributed by atoms with E-state index in [0.29, 0.717) is 28.2 Å². The zero-order valence-electron chi connectivity index (χ0n) is 14.9. The molecule has 0 spiro atoms. The van der Waals surface area contributed by atoms with Gasteiger partial charge >= 0.3 is 5.97 Å². The van der Waals surface area contributed by atoms with Gasteiger partial charge in [-0.15, -0.1) is 0 Å². The maximum absolute atomic E-state index is 12.2. The Morgan fingerprint density at radius 1 is 1.15 bits per heavy atom. The van der Waals surface area contributed by atoms with Gasteiger partial charge in [0.1, 0.15) is 0 Å². The number of carbonyl (C=O) groups excluding carboxylic acids is 1. The number of nitrogens with zero attached hydrogens (tertiary/aromatic N) is 2. The Labute approximate surface area is 154 Å². The fourth-order valence-corrected chi connectivity index (χ4v) is 2.75. The van der Waals surface area contributed by atoms with E-state index in [9.17, 15) is 14.9 Å². The van der Waals surface area contributed by atoms with Crippen molar-refractivity contribution in [2.45, 2.75) is 6.92 Å². The Bertz CT molecular complexity index is 994. The number of hydrogen-bond acceptors (Lipinski definition) is 7. The molecule has 0 N–H and O–H groups in total. The molecular weight excluding hydrogens is 352 g/mol. The smallest absolute Gasteiger partial charge is 0.363 e. The van der Waals surface area contributed by atoms with Crippen LogP contribution in [0.3, 0.4) is 0 Å². The van der Waals surface area contributed by atoms with Gasteiger partial charge in [-0.1, -0.05) is 18.2 Å². The number of ether oxygens (including phenoxy) is 3. The highest BCUT2D eigenvalue weighted by molar-refractivity contribution is 6.13. The molecule has 1 aliphatic rings. The number of esters is 1. The van der Waals surface area contributed by atoms with Crippen molar-refractivity contribution in [3.8, 4) is 11.5 Å². The van der Waals surface area contributed by atoms with Crippen LogP contribution in [-0.2, 0) is 9.53 Å². The average molecular weight is 368 g/mol. The van der Waals surface area contributed by atoms with E-state index in [-0.39, 0.29) is 17.3 Å². The van der Waals surface area contributed by atoms with E-state index in [4.69, 9.17) is 14.2 Å². The molecule has 8 nitrogen and oxygen atoms in total. The highest BCUT2D eigenvalue weighted by Gasteiger charge is 2.27. The Hall–Kier alpha value is -3.68. The first-order valence-corrected chi connectivity index (χ1v) is 7.94. The van der Waals surface area contributed by atoms with Crippen molar-refractivity contribution in [3.05, 3.63) is 68.9 Å². The molecule has 0 unspecified atom stereocenters. The van der Waals surface area contributed by atoms with Gasteiger partial charge in [0.2, 0.25) is 5.90 Å². The molecule has 2 aromatic carbocycles. The molecule has 0 radical (unpaired) electrons. The summed E-state index contributed by atoms with van der Waals surface area (Å²) in [6.07, 6.45) is 1.52. The number of nitro groups is 1. The molecule has 0 fully saturated rings. The van der Waals surface area contributed by atoms with Crippen molar-refractivity contribution in [2.75, 3.05) is 14.2 Å². The van der Waals surface area contributed by atoms with Crippen molar-refractivity contribution in [1.29, 1.82) is 0 Å². The summed E-state index contributed by atoms with van der Waals surface area (Å²) in [5.41, 5.74) is 1.33. The third kappa shape index (κ3) is 3.37. The minimum atomic E-state index is -0.652. The second-order valence-electron chi connectivity index (χ2n) is 5.63. The van der Waals surface area contributed by atoms with Crippen LogP contribution in [0.5, 0.6) is 11.5 Å². The molecule has 3 rings (SSSR count). The Kier molecular flexibility index (Phi) is 4.89. The van der Waals surface area contributed by atoms with Crippen molar-refractivity contribution in [2.24, 2.45) is 4.99 Å². The summed E-state index contributed by atoms with van der Waals surface area (Å²) in [6.45, 7) is 1.58. The number of nitro benzene ring substituents is 1. The van der Waals surface area contributed by atoms with Crippen molar-refractivity contribution < 1.29 is 23.9 Å². The Morgan fingerprint density at radius 2 is 1.89 bits per heavy atom. The fraction of sp³-hybridized carbons (Fsp3) is 0.158. The summed E-state index contributed by atoms with van der Waals surface area (Å²) in [5, 5.41) is 11.1. The molecule has 1 heterocycles. The molecule has 0 atom stereocenters. The minimum absolute atomic E-state index is 0.0225. The monoisotopic (exact) mass is 368 g/mol. The van der Waals surface area contributed by atoms with Crippen LogP contribution in [0.15, 0.2) is 47.1 Å². The van der Waals surface area contributed by atoms with Crippen LogP contribution in [0.1, 0.15) is 16.7 Å². The standard InChI is InChI=1S/C19H16N2O6/c1-11-13(7-5-8-15(11)21(23)24)18-20-14(19(22)27-18)10-12-6-4-9-16(25-2)17(12)26-3/h4-10H,1-3H3/b14-10+. The molecule has 0 amide bonds. The summed E-state index contributed by atoms with van der Waals surface area (Å²) >= 11 is 0. The lowest BCUT2D eigenvalue weighted by Gasteiger charge is -2.09. The van der Waals surface area contributed by atoms with Gasteiger partial charge in [0.05, 0.1) is 19.1 Å². The fourth-order valence-electron chi connectivity index (χ4n) is 2.75. The normalized spacial score (nSPS) is 14.7. The van der Waals surface area contributed by atoms with E-state index in [1.165, 1.54) is 32.4 Å². The highest BCUT2D eigenvalue weighted by atomic mass is 16.6. The van der Waals surface area contributed by atoms with Crippen molar-refractivity contribution >= 4 is 23.6 Å². The number of aliphatic imine (C=N–C) groups is 1. The second-order valence-corrected chi connectivity index (χ2v) is 5.63. The summed E-state index contributed by atoms with van der Waals surface area (Å²) < 4.78 is 15.8. The molecule has 0 saturated heterocycles. The van der Waals surface area contributed by atoms with Gasteiger partial charge in [0.15, 0.2) is 17.2 Å². The molecule has 0 aliphatic carbocycles. The quantitative estimate of drug-likeness (QED) is 0.347. The van der Waals surface area contributed by atoms with E-state index in [0.717, 1.165) is 0 Å². The van der Waals surface area contributed by atoms with Crippen LogP contribution < -0.4 is 9.47 Å². The van der Waals surface area contributed by atoms with Gasteiger partial charge in [-0.3, -0.25) is 10.1 Å². The van der Waals surface area contributed by atoms with Gasteiger partial charge in [-0.2, -0.15) is 0 Å². The number of benzene rings is 2. The molecule has 27 heavy (non-hydrogen) atoms. The number of hydrogen-bond donors (Lipinski definition) is 0. The molecule has 0 saturated carbocycles. The highest BCUT2D eigenvalue weighted by Crippen LogP contribution is 2.33. The number of rotatable bonds is 5. The topological polar surface area (TPSA) is 100 Å². The Morgan fingerprint density at radius 3 is 2.56 bits per heavy atom. The van der Waals surface area contributed by atoms with Gasteiger partial charge in [0, 0.05) is 22.8 Å². The predicted molar refractivity (Wildman–Crippen MR) is 98.0 cm³/mol. The average Bonchev–Trinajstić information content (AvgIpc) is 3.01. The summed E-state index contributed by atoms with van der Waals surface area (Å²) in [6, 6.07) is 9.74. The van der Waals surface area contributed by atoms with Gasteiger partial charge in [-0.05, 0) is 25.1 Å². The lowest BCUT2D eigenvalue weighted by atomic mass is 10.1. The number of para-hydroxylation sites is 1. The Balaban J connectivity index is 2.05. The van der Waals surface area contributed by atoms with Gasteiger partial charge < -0.3 is 14.2 Å². The van der Waals surface area contributed by atoms with Crippen molar-refractivity contribution in [1.82, 2.24) is 0 Å². The van der Waals surface area contributed by atoms with E-state index < -0.39 is 10.9 Å². The lowest BCUT2D eigenvalue weighted by molar-refractivity contribution is -0.385. The number of cyclic esters (lactones) is 1. The van der Waals surface area contributed by atoms with Gasteiger partial charge in [-0.25, -0.2) is 9.79 Å². The largest absolute Gasteiger partial charge is 0.493 e. The van der Waals surface area contributed by atoms with Crippen LogP contribution >= 0.6 is 0 Å². The first-order chi connectivity index (χ1) is 13.0. The first kappa shape index (κ1) is 18.1. The predicted octanol–water partition coefficient (Wildman–Crippen LogP) is 3.26. The summed E-state index contributed by atoms with van der Waals surface area (Å²) in [7, 11) is 3.01. The molecule has 1 aliphatic heterocycles. The zero-order chi connectivity index (χ0) is 19.6. The van der Waals surface area contributed by atoms with Crippen LogP contribution in [0, 0.1) is 17.0 Å². The van der Waals surface area contributed by atoms with Crippen LogP contribution in [0.2, 0.25) is 0 Å². The molecule has 8 heteroatoms. The summed E-state index contributed by atoms with van der Waals surface area (Å²) in [5.74, 6) is 0.336. The van der Waals surface area contributed by atoms with Crippen LogP contribution in [0.25, 0.3) is 6.08 Å². The van der Waals surface area contributed by atoms with Gasteiger partial charge in [0.25, 0.3) is 5.69 Å². The minimum Gasteiger partial charge on any atom is -0.493 e. The first-order valence-electron chi connectivity index (χ1n) is 7.94. The number of methoxy groups -OCH3 is 2. The molecular formula is C19H16N2O6. The van der Waals surface area contributed by atoms with E-state index >= 15 is 0 Å². The molecule has 0 bridgehead atoms. The van der Waals surface area contributed by atoms with Crippen LogP contribution in [0.4, 0.5) is 5.69 Å². The molecule has 138 valence electrons. The van der Waals surface area contributed by atoms with E-state index in [2.05, 4.69) is 4.99 Å². The van der Waals surface area contributed by atoms with Crippen molar-refractivity contribution in [3.63, 3.8) is 0 Å². The maximum Gasteiger partial charge on any atom is 0.363 e. The summed E-state index contributed by atoms with van der Waals surface area (Å²) in [4.78, 5) is 27.1. The lowest BCUT2D eigenvalue weighted by Crippen LogP contribution is -2.08. The van der Waals surface area contributed by atoms with E-state index in [1.54, 1.807) is 31.2 Å². The number of carbonyl (C=O) groups is 1. The maximum atomic E-state index is 12.2. The van der Waals surface area contributed by atoms with Crippen LogP contribution in [-0.4, -0.2) is 31.0 Å². The second kappa shape index (κ2) is 7.28. The molecule has 2 aromatic rings. The SMILES string of the molecule is COc1cccc(/C=C2/N=C(c3cccc([N+](=O)[O-])c3C)OC2=O)c1OC. The third-order valence-corrected chi connectivity index (χ3v) is 4.08. The van der Waals surface area contributed by atoms with E-state index in [1.807, 2.05) is 0 Å². The molecule has 0 aromatic heterocycles. The third-order valence-electron chi connectivity index (χ3n) is 4.08.